The number of hydrogen-bond acceptors (Lipinski definition) is 3. The van der Waals surface area contributed by atoms with Crippen molar-refractivity contribution in [3.63, 3.8) is 0 Å². The van der Waals surface area contributed by atoms with Gasteiger partial charge in [-0.15, -0.1) is 0 Å². The third kappa shape index (κ3) is 2.74. The van der Waals surface area contributed by atoms with Crippen molar-refractivity contribution in [3.05, 3.63) is 0 Å². The lowest BCUT2D eigenvalue weighted by Gasteiger charge is -2.34. The molecule has 0 aromatic heterocycles. The van der Waals surface area contributed by atoms with Crippen molar-refractivity contribution in [2.24, 2.45) is 17.6 Å². The van der Waals surface area contributed by atoms with Crippen molar-refractivity contribution in [3.8, 4) is 0 Å². The first kappa shape index (κ1) is 11.9. The first-order valence-electron chi connectivity index (χ1n) is 6.43. The second-order valence-corrected chi connectivity index (χ2v) is 5.13. The van der Waals surface area contributed by atoms with E-state index in [0.29, 0.717) is 17.7 Å². The van der Waals surface area contributed by atoms with Crippen LogP contribution in [0.4, 0.5) is 0 Å². The Kier molecular flexibility index (Phi) is 3.82. The van der Waals surface area contributed by atoms with Crippen LogP contribution < -0.4 is 5.73 Å². The number of amides is 1. The molecule has 2 rings (SSSR count). The van der Waals surface area contributed by atoms with Crippen LogP contribution in [0.1, 0.15) is 19.8 Å². The Morgan fingerprint density at radius 1 is 1.31 bits per heavy atom. The van der Waals surface area contributed by atoms with Gasteiger partial charge in [-0.3, -0.25) is 9.69 Å². The number of hydrogen-bond donors (Lipinski definition) is 1. The smallest absolute Gasteiger partial charge is 0.226 e. The van der Waals surface area contributed by atoms with E-state index in [1.807, 2.05) is 4.90 Å². The molecular formula is C12H23N3O. The van der Waals surface area contributed by atoms with Crippen molar-refractivity contribution in [1.29, 1.82) is 0 Å². The van der Waals surface area contributed by atoms with Crippen molar-refractivity contribution < 1.29 is 4.79 Å². The molecule has 2 fully saturated rings. The molecule has 16 heavy (non-hydrogen) atoms. The molecular weight excluding hydrogens is 202 g/mol. The highest BCUT2D eigenvalue weighted by molar-refractivity contribution is 5.81. The molecule has 1 aliphatic carbocycles. The Morgan fingerprint density at radius 3 is 2.44 bits per heavy atom. The lowest BCUT2D eigenvalue weighted by molar-refractivity contribution is -0.134. The molecule has 4 heteroatoms. The summed E-state index contributed by atoms with van der Waals surface area (Å²) in [7, 11) is 0. The highest BCUT2D eigenvalue weighted by atomic mass is 16.2. The van der Waals surface area contributed by atoms with E-state index in [1.54, 1.807) is 0 Å². The third-order valence-corrected chi connectivity index (χ3v) is 3.79. The lowest BCUT2D eigenvalue weighted by Crippen LogP contribution is -2.49. The van der Waals surface area contributed by atoms with Crippen LogP contribution in [-0.2, 0) is 4.79 Å². The molecule has 4 nitrogen and oxygen atoms in total. The van der Waals surface area contributed by atoms with Crippen LogP contribution in [0.5, 0.6) is 0 Å². The molecule has 2 aliphatic rings. The second-order valence-electron chi connectivity index (χ2n) is 5.13. The third-order valence-electron chi connectivity index (χ3n) is 3.79. The predicted molar refractivity (Wildman–Crippen MR) is 64.0 cm³/mol. The zero-order chi connectivity index (χ0) is 11.5. The first-order chi connectivity index (χ1) is 7.72. The van der Waals surface area contributed by atoms with E-state index in [-0.39, 0.29) is 0 Å². The standard InChI is InChI=1S/C12H23N3O/c1-10-9-11(10)12(16)15-7-5-14(6-8-15)4-2-3-13/h10-11H,2-9,13H2,1H3. The summed E-state index contributed by atoms with van der Waals surface area (Å²) in [6.45, 7) is 7.87. The van der Waals surface area contributed by atoms with Crippen LogP contribution in [0.25, 0.3) is 0 Å². The van der Waals surface area contributed by atoms with Crippen LogP contribution in [0.2, 0.25) is 0 Å². The Hall–Kier alpha value is -0.610. The van der Waals surface area contributed by atoms with Gasteiger partial charge in [0.15, 0.2) is 0 Å². The average Bonchev–Trinajstić information content (AvgIpc) is 3.03. The van der Waals surface area contributed by atoms with E-state index in [4.69, 9.17) is 5.73 Å². The van der Waals surface area contributed by atoms with Crippen molar-refractivity contribution in [2.75, 3.05) is 39.3 Å². The second kappa shape index (κ2) is 5.15. The molecule has 1 aliphatic heterocycles. The summed E-state index contributed by atoms with van der Waals surface area (Å²) in [5.41, 5.74) is 5.49. The summed E-state index contributed by atoms with van der Waals surface area (Å²) in [6, 6.07) is 0. The van der Waals surface area contributed by atoms with Crippen LogP contribution in [0.3, 0.4) is 0 Å². The maximum absolute atomic E-state index is 12.0. The fraction of sp³-hybridized carbons (Fsp3) is 0.917. The van der Waals surface area contributed by atoms with Gasteiger partial charge in [0, 0.05) is 32.1 Å². The van der Waals surface area contributed by atoms with Crippen LogP contribution in [0.15, 0.2) is 0 Å². The van der Waals surface area contributed by atoms with Gasteiger partial charge >= 0.3 is 0 Å². The SMILES string of the molecule is CC1CC1C(=O)N1CCN(CCCN)CC1. The molecule has 0 aromatic rings. The number of carbonyl (C=O) groups is 1. The number of nitrogens with zero attached hydrogens (tertiary/aromatic N) is 2. The largest absolute Gasteiger partial charge is 0.340 e. The van der Waals surface area contributed by atoms with Gasteiger partial charge in [-0.2, -0.15) is 0 Å². The highest BCUT2D eigenvalue weighted by Gasteiger charge is 2.41. The molecule has 0 bridgehead atoms. The van der Waals surface area contributed by atoms with E-state index in [1.165, 1.54) is 0 Å². The minimum atomic E-state index is 0.343. The van der Waals surface area contributed by atoms with Gasteiger partial charge in [0.2, 0.25) is 5.91 Å². The molecule has 1 saturated heterocycles. The fourth-order valence-corrected chi connectivity index (χ4v) is 2.41. The summed E-state index contributed by atoms with van der Waals surface area (Å²) in [5.74, 6) is 1.37. The van der Waals surface area contributed by atoms with Gasteiger partial charge in [0.1, 0.15) is 0 Å². The zero-order valence-corrected chi connectivity index (χ0v) is 10.2. The number of piperazine rings is 1. The van der Waals surface area contributed by atoms with E-state index in [2.05, 4.69) is 11.8 Å². The zero-order valence-electron chi connectivity index (χ0n) is 10.2. The van der Waals surface area contributed by atoms with Gasteiger partial charge in [-0.05, 0) is 31.8 Å². The highest BCUT2D eigenvalue weighted by Crippen LogP contribution is 2.39. The van der Waals surface area contributed by atoms with Gasteiger partial charge < -0.3 is 10.6 Å². The maximum atomic E-state index is 12.0. The Morgan fingerprint density at radius 2 is 1.94 bits per heavy atom. The van der Waals surface area contributed by atoms with Gasteiger partial charge in [0.25, 0.3) is 0 Å². The molecule has 1 heterocycles. The van der Waals surface area contributed by atoms with Gasteiger partial charge in [-0.1, -0.05) is 6.92 Å². The quantitative estimate of drug-likeness (QED) is 0.740. The van der Waals surface area contributed by atoms with Crippen molar-refractivity contribution in [1.82, 2.24) is 9.80 Å². The van der Waals surface area contributed by atoms with Gasteiger partial charge in [-0.25, -0.2) is 0 Å². The first-order valence-corrected chi connectivity index (χ1v) is 6.43. The molecule has 2 N–H and O–H groups in total. The number of rotatable bonds is 4. The summed E-state index contributed by atoms with van der Waals surface area (Å²) >= 11 is 0. The minimum Gasteiger partial charge on any atom is -0.340 e. The summed E-state index contributed by atoms with van der Waals surface area (Å²) in [6.07, 6.45) is 2.17. The Bertz CT molecular complexity index is 249. The molecule has 2 atom stereocenters. The summed E-state index contributed by atoms with van der Waals surface area (Å²) < 4.78 is 0. The van der Waals surface area contributed by atoms with Crippen LogP contribution >= 0.6 is 0 Å². The topological polar surface area (TPSA) is 49.6 Å². The molecule has 1 saturated carbocycles. The normalized spacial score (nSPS) is 30.5. The molecule has 2 unspecified atom stereocenters. The average molecular weight is 225 g/mol. The number of carbonyl (C=O) groups excluding carboxylic acids is 1. The lowest BCUT2D eigenvalue weighted by atomic mass is 10.2. The van der Waals surface area contributed by atoms with Gasteiger partial charge in [0.05, 0.1) is 0 Å². The molecule has 92 valence electrons. The van der Waals surface area contributed by atoms with E-state index >= 15 is 0 Å². The minimum absolute atomic E-state index is 0.343. The maximum Gasteiger partial charge on any atom is 0.226 e. The van der Waals surface area contributed by atoms with Crippen molar-refractivity contribution >= 4 is 5.91 Å². The molecule has 0 spiro atoms. The van der Waals surface area contributed by atoms with Crippen molar-refractivity contribution in [2.45, 2.75) is 19.8 Å². The molecule has 0 radical (unpaired) electrons. The molecule has 0 aromatic carbocycles. The van der Waals surface area contributed by atoms with E-state index in [0.717, 1.165) is 52.1 Å². The van der Waals surface area contributed by atoms with E-state index in [9.17, 15) is 4.79 Å². The Balaban J connectivity index is 1.70. The summed E-state index contributed by atoms with van der Waals surface area (Å²) in [5, 5.41) is 0. The Labute approximate surface area is 97.8 Å². The van der Waals surface area contributed by atoms with Crippen LogP contribution in [0, 0.1) is 11.8 Å². The van der Waals surface area contributed by atoms with Crippen LogP contribution in [-0.4, -0.2) is 55.0 Å². The summed E-state index contributed by atoms with van der Waals surface area (Å²) in [4.78, 5) is 16.4. The predicted octanol–water partition coefficient (Wildman–Crippen LogP) is 0.135. The fourth-order valence-electron chi connectivity index (χ4n) is 2.41. The number of nitrogens with two attached hydrogens (primary N) is 1. The molecule has 1 amide bonds. The van der Waals surface area contributed by atoms with E-state index < -0.39 is 0 Å². The monoisotopic (exact) mass is 225 g/mol.